The Kier molecular flexibility index (Phi) is 6.87. The van der Waals surface area contributed by atoms with Crippen molar-refractivity contribution in [2.75, 3.05) is 0 Å². The van der Waals surface area contributed by atoms with Crippen molar-refractivity contribution in [2.24, 2.45) is 0 Å². The van der Waals surface area contributed by atoms with Crippen LogP contribution >= 0.6 is 11.3 Å². The number of fused-ring (bicyclic) bond motifs is 9. The normalized spacial score (nSPS) is 11.9. The molecule has 0 N–H and O–H groups in total. The average molecular weight is 729 g/mol. The third-order valence-electron chi connectivity index (χ3n) is 11.7. The lowest BCUT2D eigenvalue weighted by atomic mass is 9.83. The third kappa shape index (κ3) is 4.54. The summed E-state index contributed by atoms with van der Waals surface area (Å²) < 4.78 is 9.20. The van der Waals surface area contributed by atoms with Crippen LogP contribution in [0.15, 0.2) is 199 Å². The number of hydrogen-bond acceptors (Lipinski definition) is 2. The van der Waals surface area contributed by atoms with Crippen LogP contribution < -0.4 is 0 Å². The van der Waals surface area contributed by atoms with Gasteiger partial charge >= 0.3 is 0 Å². The lowest BCUT2D eigenvalue weighted by Crippen LogP contribution is -1.93. The minimum Gasteiger partial charge on any atom is -0.456 e. The number of rotatable bonds is 4. The molecule has 12 rings (SSSR count). The molecule has 12 aromatic rings. The Balaban J connectivity index is 1.19. The maximum absolute atomic E-state index is 6.59. The van der Waals surface area contributed by atoms with E-state index in [2.05, 4.69) is 194 Å². The van der Waals surface area contributed by atoms with Gasteiger partial charge < -0.3 is 4.42 Å². The van der Waals surface area contributed by atoms with Crippen LogP contribution in [0.1, 0.15) is 0 Å². The van der Waals surface area contributed by atoms with Crippen LogP contribution in [-0.4, -0.2) is 0 Å². The molecule has 2 aromatic heterocycles. The largest absolute Gasteiger partial charge is 0.456 e. The summed E-state index contributed by atoms with van der Waals surface area (Å²) in [6.07, 6.45) is 0. The fourth-order valence-electron chi connectivity index (χ4n) is 9.36. The Labute approximate surface area is 327 Å². The first-order chi connectivity index (χ1) is 27.8. The number of para-hydroxylation sites is 1. The molecule has 1 nitrogen and oxygen atoms in total. The second-order valence-corrected chi connectivity index (χ2v) is 15.7. The van der Waals surface area contributed by atoms with E-state index in [1.165, 1.54) is 97.0 Å². The van der Waals surface area contributed by atoms with Crippen molar-refractivity contribution >= 4 is 85.8 Å². The van der Waals surface area contributed by atoms with E-state index in [-0.39, 0.29) is 0 Å². The minimum absolute atomic E-state index is 0.898. The van der Waals surface area contributed by atoms with Crippen LogP contribution in [0.2, 0.25) is 0 Å². The summed E-state index contributed by atoms with van der Waals surface area (Å²) in [4.78, 5) is 0. The van der Waals surface area contributed by atoms with Gasteiger partial charge in [-0.25, -0.2) is 0 Å². The first kappa shape index (κ1) is 31.4. The van der Waals surface area contributed by atoms with E-state index in [0.29, 0.717) is 0 Å². The number of thiophene rings is 1. The topological polar surface area (TPSA) is 13.1 Å². The quantitative estimate of drug-likeness (QED) is 0.165. The number of hydrogen-bond donors (Lipinski definition) is 0. The molecule has 0 atom stereocenters. The van der Waals surface area contributed by atoms with Crippen molar-refractivity contribution < 1.29 is 4.42 Å². The SMILES string of the molecule is c1ccc(-c2c3ccccc3c(-c3cccc4c(-c5c(-c6cccc7c6sc6ccccc67)ccc6oc7ccccc7c56)cccc34)c3ccccc23)cc1. The zero-order valence-electron chi connectivity index (χ0n) is 30.3. The van der Waals surface area contributed by atoms with Gasteiger partial charge in [0.05, 0.1) is 0 Å². The van der Waals surface area contributed by atoms with Gasteiger partial charge in [-0.3, -0.25) is 0 Å². The Morgan fingerprint density at radius 2 is 0.804 bits per heavy atom. The van der Waals surface area contributed by atoms with Gasteiger partial charge in [-0.2, -0.15) is 0 Å². The van der Waals surface area contributed by atoms with Crippen molar-refractivity contribution in [3.8, 4) is 44.5 Å². The Bertz CT molecular complexity index is 3470. The molecule has 0 radical (unpaired) electrons. The van der Waals surface area contributed by atoms with E-state index < -0.39 is 0 Å². The van der Waals surface area contributed by atoms with Gasteiger partial charge in [0.15, 0.2) is 0 Å². The number of furan rings is 1. The Morgan fingerprint density at radius 3 is 1.50 bits per heavy atom. The second kappa shape index (κ2) is 12.3. The molecule has 56 heavy (non-hydrogen) atoms. The summed E-state index contributed by atoms with van der Waals surface area (Å²) in [6, 6.07) is 70.9. The highest BCUT2D eigenvalue weighted by Crippen LogP contribution is 2.50. The second-order valence-electron chi connectivity index (χ2n) is 14.7. The molecule has 2 heterocycles. The fraction of sp³-hybridized carbons (Fsp3) is 0. The fourth-order valence-corrected chi connectivity index (χ4v) is 10.6. The third-order valence-corrected chi connectivity index (χ3v) is 12.9. The van der Waals surface area contributed by atoms with E-state index in [4.69, 9.17) is 4.42 Å². The molecule has 0 bridgehead atoms. The summed E-state index contributed by atoms with van der Waals surface area (Å²) >= 11 is 1.88. The highest BCUT2D eigenvalue weighted by molar-refractivity contribution is 7.26. The summed E-state index contributed by atoms with van der Waals surface area (Å²) in [5.41, 5.74) is 11.7. The van der Waals surface area contributed by atoms with Crippen molar-refractivity contribution in [1.29, 1.82) is 0 Å². The maximum Gasteiger partial charge on any atom is 0.136 e. The van der Waals surface area contributed by atoms with E-state index in [0.717, 1.165) is 21.9 Å². The smallest absolute Gasteiger partial charge is 0.136 e. The molecule has 0 fully saturated rings. The maximum atomic E-state index is 6.59. The molecule has 0 spiro atoms. The predicted molar refractivity (Wildman–Crippen MR) is 241 cm³/mol. The molecule has 260 valence electrons. The highest BCUT2D eigenvalue weighted by atomic mass is 32.1. The van der Waals surface area contributed by atoms with Crippen molar-refractivity contribution in [1.82, 2.24) is 0 Å². The zero-order valence-corrected chi connectivity index (χ0v) is 31.1. The molecule has 0 aliphatic rings. The first-order valence-corrected chi connectivity index (χ1v) is 20.0. The predicted octanol–water partition coefficient (Wildman–Crippen LogP) is 16.1. The highest BCUT2D eigenvalue weighted by Gasteiger charge is 2.23. The van der Waals surface area contributed by atoms with Crippen LogP contribution in [0.4, 0.5) is 0 Å². The number of benzene rings is 10. The lowest BCUT2D eigenvalue weighted by Gasteiger charge is -2.20. The van der Waals surface area contributed by atoms with Crippen LogP contribution in [0.5, 0.6) is 0 Å². The van der Waals surface area contributed by atoms with Gasteiger partial charge in [0.1, 0.15) is 11.2 Å². The summed E-state index contributed by atoms with van der Waals surface area (Å²) in [7, 11) is 0. The molecule has 0 aliphatic carbocycles. The van der Waals surface area contributed by atoms with E-state index >= 15 is 0 Å². The molecular formula is C54H32OS. The summed E-state index contributed by atoms with van der Waals surface area (Å²) in [6.45, 7) is 0. The standard InChI is InChI=1S/C54H32OS/c1-2-15-33(16-3-1)50-39-18-4-6-20-41(39)51(42-21-7-5-19-40(42)50)37-25-12-24-35-34(37)23-13-26-38(35)52-43(31-32-48-53(52)46-22-8-10-29-47(46)55-48)45-28-14-27-44-36-17-9-11-30-49(36)56-54(44)45/h1-32H. The van der Waals surface area contributed by atoms with Gasteiger partial charge in [0.2, 0.25) is 0 Å². The van der Waals surface area contributed by atoms with Gasteiger partial charge in [-0.1, -0.05) is 170 Å². The van der Waals surface area contributed by atoms with Crippen LogP contribution in [-0.2, 0) is 0 Å². The molecular weight excluding hydrogens is 697 g/mol. The molecule has 10 aromatic carbocycles. The van der Waals surface area contributed by atoms with Crippen LogP contribution in [0, 0.1) is 0 Å². The summed E-state index contributed by atoms with van der Waals surface area (Å²) in [5, 5.41) is 12.3. The van der Waals surface area contributed by atoms with Gasteiger partial charge in [-0.15, -0.1) is 11.3 Å². The van der Waals surface area contributed by atoms with E-state index in [9.17, 15) is 0 Å². The van der Waals surface area contributed by atoms with Gasteiger partial charge in [-0.05, 0) is 90.0 Å². The monoisotopic (exact) mass is 728 g/mol. The van der Waals surface area contributed by atoms with E-state index in [1.807, 2.05) is 11.3 Å². The van der Waals surface area contributed by atoms with Crippen LogP contribution in [0.25, 0.3) is 119 Å². The zero-order chi connectivity index (χ0) is 36.7. The van der Waals surface area contributed by atoms with E-state index in [1.54, 1.807) is 0 Å². The molecule has 0 saturated carbocycles. The molecule has 0 aliphatic heterocycles. The molecule has 0 saturated heterocycles. The van der Waals surface area contributed by atoms with Crippen LogP contribution in [0.3, 0.4) is 0 Å². The molecule has 0 amide bonds. The Hall–Kier alpha value is -7.00. The van der Waals surface area contributed by atoms with Crippen molar-refractivity contribution in [2.45, 2.75) is 0 Å². The Morgan fingerprint density at radius 1 is 0.286 bits per heavy atom. The van der Waals surface area contributed by atoms with Gasteiger partial charge in [0, 0.05) is 42.1 Å². The molecule has 2 heteroatoms. The average Bonchev–Trinajstić information content (AvgIpc) is 3.84. The summed E-state index contributed by atoms with van der Waals surface area (Å²) in [5.74, 6) is 0. The van der Waals surface area contributed by atoms with Gasteiger partial charge in [0.25, 0.3) is 0 Å². The molecule has 0 unspecified atom stereocenters. The first-order valence-electron chi connectivity index (χ1n) is 19.2. The lowest BCUT2D eigenvalue weighted by molar-refractivity contribution is 0.669. The van der Waals surface area contributed by atoms with Crippen molar-refractivity contribution in [3.05, 3.63) is 194 Å². The minimum atomic E-state index is 0.898. The van der Waals surface area contributed by atoms with Crippen molar-refractivity contribution in [3.63, 3.8) is 0 Å².